The Hall–Kier alpha value is -2.84. The average Bonchev–Trinajstić information content (AvgIpc) is 2.87. The molecule has 0 saturated carbocycles. The lowest BCUT2D eigenvalue weighted by atomic mass is 10.0. The van der Waals surface area contributed by atoms with Crippen LogP contribution in [0.3, 0.4) is 0 Å². The van der Waals surface area contributed by atoms with E-state index in [2.05, 4.69) is 0 Å². The fraction of sp³-hybridized carbons (Fsp3) is 0.467. The molecule has 2 aromatic carbocycles. The van der Waals surface area contributed by atoms with E-state index >= 15 is 4.57 Å². The van der Waals surface area contributed by atoms with E-state index in [0.29, 0.717) is 22.3 Å². The van der Waals surface area contributed by atoms with E-state index in [9.17, 15) is 19.2 Å². The third-order valence-electron chi connectivity index (χ3n) is 6.58. The number of hydrogen-bond acceptors (Lipinski definition) is 9. The molecule has 0 saturated heterocycles. The number of rotatable bonds is 14. The molecule has 0 fully saturated rings. The van der Waals surface area contributed by atoms with Gasteiger partial charge >= 0.3 is 11.9 Å². The van der Waals surface area contributed by atoms with Gasteiger partial charge in [0.15, 0.2) is 11.0 Å². The molecule has 0 N–H and O–H groups in total. The van der Waals surface area contributed by atoms with Gasteiger partial charge in [-0.15, -0.1) is 11.6 Å². The van der Waals surface area contributed by atoms with Crippen molar-refractivity contribution in [1.82, 2.24) is 0 Å². The van der Waals surface area contributed by atoms with Gasteiger partial charge in [0.05, 0.1) is 13.2 Å². The first-order valence-electron chi connectivity index (χ1n) is 13.0. The van der Waals surface area contributed by atoms with E-state index in [4.69, 9.17) is 30.5 Å². The van der Waals surface area contributed by atoms with Gasteiger partial charge in [-0.2, -0.15) is 0 Å². The molecule has 0 radical (unpaired) electrons. The molecule has 0 aromatic heterocycles. The molecule has 0 aliphatic heterocycles. The van der Waals surface area contributed by atoms with Gasteiger partial charge in [-0.05, 0) is 63.8 Å². The highest BCUT2D eigenvalue weighted by Crippen LogP contribution is 2.59. The second kappa shape index (κ2) is 14.9. The molecule has 0 bridgehead atoms. The molecule has 9 nitrogen and oxygen atoms in total. The SMILES string of the molecule is COCCOC(=O)C(Cl)C(C(=O)OCCOC)P(=O)(C(=O)c1c(C)cc(C)cc1C)C(=O)c1c(C)cc(C)cc1C. The van der Waals surface area contributed by atoms with Crippen LogP contribution >= 0.6 is 18.7 Å². The van der Waals surface area contributed by atoms with E-state index in [-0.39, 0.29) is 37.6 Å². The van der Waals surface area contributed by atoms with Crippen molar-refractivity contribution in [1.29, 1.82) is 0 Å². The van der Waals surface area contributed by atoms with E-state index in [1.165, 1.54) is 14.2 Å². The molecule has 2 unspecified atom stereocenters. The van der Waals surface area contributed by atoms with E-state index in [1.54, 1.807) is 52.0 Å². The van der Waals surface area contributed by atoms with E-state index < -0.39 is 41.2 Å². The van der Waals surface area contributed by atoms with Gasteiger partial charge in [-0.1, -0.05) is 35.4 Å². The third-order valence-corrected chi connectivity index (χ3v) is 10.1. The van der Waals surface area contributed by atoms with Gasteiger partial charge < -0.3 is 23.5 Å². The number of halogens is 1. The summed E-state index contributed by atoms with van der Waals surface area (Å²) in [7, 11) is -2.33. The molecular weight excluding hydrogens is 571 g/mol. The predicted molar refractivity (Wildman–Crippen MR) is 157 cm³/mol. The zero-order chi connectivity index (χ0) is 31.1. The number of esters is 2. The van der Waals surface area contributed by atoms with Crippen LogP contribution in [0.5, 0.6) is 0 Å². The van der Waals surface area contributed by atoms with E-state index in [0.717, 1.165) is 11.1 Å². The summed E-state index contributed by atoms with van der Waals surface area (Å²) in [5.41, 5.74) is -0.793. The van der Waals surface area contributed by atoms with Gasteiger partial charge in [0.1, 0.15) is 13.2 Å². The molecule has 0 heterocycles. The molecule has 224 valence electrons. The number of carbonyl (C=O) groups is 4. The van der Waals surface area contributed by atoms with Crippen LogP contribution in [0.15, 0.2) is 24.3 Å². The monoisotopic (exact) mass is 608 g/mol. The zero-order valence-electron chi connectivity index (χ0n) is 24.8. The summed E-state index contributed by atoms with van der Waals surface area (Å²) >= 11 is 6.52. The third kappa shape index (κ3) is 7.72. The van der Waals surface area contributed by atoms with Crippen molar-refractivity contribution in [3.63, 3.8) is 0 Å². The van der Waals surface area contributed by atoms with Crippen LogP contribution in [-0.2, 0) is 33.1 Å². The van der Waals surface area contributed by atoms with Crippen molar-refractivity contribution in [2.45, 2.75) is 52.6 Å². The lowest BCUT2D eigenvalue weighted by Crippen LogP contribution is -2.42. The smallest absolute Gasteiger partial charge is 0.325 e. The van der Waals surface area contributed by atoms with Gasteiger partial charge in [0.2, 0.25) is 18.2 Å². The number of ether oxygens (including phenoxy) is 4. The van der Waals surface area contributed by atoms with Crippen molar-refractivity contribution in [2.75, 3.05) is 40.6 Å². The zero-order valence-corrected chi connectivity index (χ0v) is 26.4. The predicted octanol–water partition coefficient (Wildman–Crippen LogP) is 5.24. The summed E-state index contributed by atoms with van der Waals surface area (Å²) in [6, 6.07) is 6.84. The highest BCUT2D eigenvalue weighted by Gasteiger charge is 2.57. The normalized spacial score (nSPS) is 12.9. The minimum atomic E-state index is -5.10. The topological polar surface area (TPSA) is 122 Å². The minimum absolute atomic E-state index is 0.0148. The fourth-order valence-electron chi connectivity index (χ4n) is 4.91. The summed E-state index contributed by atoms with van der Waals surface area (Å²) < 4.78 is 35.5. The Bertz CT molecular complexity index is 1250. The Morgan fingerprint density at radius 3 is 1.34 bits per heavy atom. The molecule has 2 rings (SSSR count). The molecule has 2 aromatic rings. The average molecular weight is 609 g/mol. The summed E-state index contributed by atoms with van der Waals surface area (Å²) in [6.07, 6.45) is 0. The van der Waals surface area contributed by atoms with Crippen molar-refractivity contribution in [3.05, 3.63) is 68.8 Å². The molecule has 11 heteroatoms. The first kappa shape index (κ1) is 34.4. The van der Waals surface area contributed by atoms with Crippen LogP contribution in [0.25, 0.3) is 0 Å². The van der Waals surface area contributed by atoms with E-state index in [1.807, 2.05) is 13.8 Å². The Balaban J connectivity index is 2.90. The molecule has 2 atom stereocenters. The number of methoxy groups -OCH3 is 2. The summed E-state index contributed by atoms with van der Waals surface area (Å²) in [5.74, 6) is -2.39. The van der Waals surface area contributed by atoms with Crippen molar-refractivity contribution in [3.8, 4) is 0 Å². The Morgan fingerprint density at radius 1 is 0.659 bits per heavy atom. The molecule has 41 heavy (non-hydrogen) atoms. The van der Waals surface area contributed by atoms with Gasteiger partial charge in [0, 0.05) is 25.3 Å². The quantitative estimate of drug-likeness (QED) is 0.123. The van der Waals surface area contributed by atoms with Gasteiger partial charge in [-0.25, -0.2) is 0 Å². The Morgan fingerprint density at radius 2 is 1.00 bits per heavy atom. The Kier molecular flexibility index (Phi) is 12.5. The molecule has 0 spiro atoms. The lowest BCUT2D eigenvalue weighted by molar-refractivity contribution is -0.150. The summed E-state index contributed by atoms with van der Waals surface area (Å²) in [6.45, 7) is 9.74. The van der Waals surface area contributed by atoms with Crippen LogP contribution in [0.2, 0.25) is 0 Å². The van der Waals surface area contributed by atoms with Crippen molar-refractivity contribution < 1.29 is 42.7 Å². The maximum atomic E-state index is 15.3. The van der Waals surface area contributed by atoms with Gasteiger partial charge in [-0.3, -0.25) is 19.2 Å². The largest absolute Gasteiger partial charge is 0.463 e. The maximum absolute atomic E-state index is 15.3. The highest BCUT2D eigenvalue weighted by atomic mass is 35.5. The van der Waals surface area contributed by atoms with Crippen LogP contribution in [-0.4, -0.2) is 74.7 Å². The molecule has 0 amide bonds. The first-order chi connectivity index (χ1) is 19.2. The standard InChI is InChI=1S/C30H38ClO9P/c1-17-13-19(3)23(20(4)14-17)29(34)41(36,30(35)24-21(5)15-18(2)16-22(24)6)26(28(33)40-12-10-38-8)25(31)27(32)39-11-9-37-7/h13-16,25-26H,9-12H2,1-8H3. The second-order valence-electron chi connectivity index (χ2n) is 9.98. The maximum Gasteiger partial charge on any atom is 0.325 e. The first-order valence-corrected chi connectivity index (χ1v) is 15.2. The van der Waals surface area contributed by atoms with Crippen LogP contribution in [0.1, 0.15) is 54.1 Å². The minimum Gasteiger partial charge on any atom is -0.463 e. The molecule has 0 aliphatic rings. The molecule has 0 aliphatic carbocycles. The van der Waals surface area contributed by atoms with Crippen LogP contribution in [0, 0.1) is 41.5 Å². The van der Waals surface area contributed by atoms with Crippen LogP contribution < -0.4 is 0 Å². The van der Waals surface area contributed by atoms with Crippen LogP contribution in [0.4, 0.5) is 0 Å². The summed E-state index contributed by atoms with van der Waals surface area (Å²) in [5, 5.41) is -1.99. The number of alkyl halides is 1. The number of hydrogen-bond donors (Lipinski definition) is 0. The fourth-order valence-corrected chi connectivity index (χ4v) is 8.47. The number of carbonyl (C=O) groups excluding carboxylic acids is 4. The van der Waals surface area contributed by atoms with Crippen molar-refractivity contribution in [2.24, 2.45) is 0 Å². The number of aryl methyl sites for hydroxylation is 6. The van der Waals surface area contributed by atoms with Crippen molar-refractivity contribution >= 4 is 41.7 Å². The Labute approximate surface area is 246 Å². The number of benzene rings is 2. The molecular formula is C30H38ClO9P. The second-order valence-corrected chi connectivity index (χ2v) is 13.1. The summed E-state index contributed by atoms with van der Waals surface area (Å²) in [4.78, 5) is 55.5. The highest BCUT2D eigenvalue weighted by molar-refractivity contribution is 7.96. The van der Waals surface area contributed by atoms with Gasteiger partial charge in [0.25, 0.3) is 0 Å². The lowest BCUT2D eigenvalue weighted by Gasteiger charge is -2.28.